The summed E-state index contributed by atoms with van der Waals surface area (Å²) in [6.07, 6.45) is 20.9. The van der Waals surface area contributed by atoms with Gasteiger partial charge in [0.15, 0.2) is 0 Å². The Hall–Kier alpha value is -3.95. The molecule has 7 heteroatoms. The van der Waals surface area contributed by atoms with Crippen molar-refractivity contribution in [3.05, 3.63) is 76.2 Å². The molecular formula is C32H34ClN5O. The Morgan fingerprint density at radius 1 is 1.33 bits per heavy atom. The van der Waals surface area contributed by atoms with Crippen molar-refractivity contribution < 1.29 is 4.79 Å². The normalized spacial score (nSPS) is 17.0. The van der Waals surface area contributed by atoms with Crippen LogP contribution in [0.3, 0.4) is 0 Å². The molecule has 1 aliphatic rings. The number of nitrogens with one attached hydrogen (secondary N) is 2. The lowest BCUT2D eigenvalue weighted by atomic mass is 9.84. The molecule has 1 aliphatic carbocycles. The van der Waals surface area contributed by atoms with E-state index in [1.807, 2.05) is 25.1 Å². The van der Waals surface area contributed by atoms with Crippen LogP contribution in [0, 0.1) is 18.3 Å². The minimum atomic E-state index is -0.0252. The summed E-state index contributed by atoms with van der Waals surface area (Å²) < 4.78 is 0. The van der Waals surface area contributed by atoms with Gasteiger partial charge in [-0.3, -0.25) is 9.79 Å². The molecule has 4 rings (SSSR count). The number of nitrogens with zero attached hydrogens (tertiary/aromatic N) is 3. The zero-order valence-corrected chi connectivity index (χ0v) is 23.5. The van der Waals surface area contributed by atoms with Crippen molar-refractivity contribution in [1.29, 1.82) is 0 Å². The number of halogens is 1. The number of carbonyl (C=O) groups is 1. The van der Waals surface area contributed by atoms with Gasteiger partial charge in [-0.05, 0) is 88.6 Å². The number of H-pyrrole nitrogens is 1. The maximum atomic E-state index is 13.3. The van der Waals surface area contributed by atoms with Gasteiger partial charge in [0.2, 0.25) is 11.7 Å². The molecule has 0 spiro atoms. The van der Waals surface area contributed by atoms with Crippen molar-refractivity contribution in [3.63, 3.8) is 0 Å². The van der Waals surface area contributed by atoms with E-state index >= 15 is 0 Å². The molecule has 0 amide bonds. The van der Waals surface area contributed by atoms with Crippen LogP contribution in [0.25, 0.3) is 16.6 Å². The van der Waals surface area contributed by atoms with Crippen molar-refractivity contribution in [3.8, 4) is 12.3 Å². The second-order valence-electron chi connectivity index (χ2n) is 9.73. The van der Waals surface area contributed by atoms with Gasteiger partial charge < -0.3 is 10.3 Å². The fraction of sp³-hybridized carbons (Fsp3) is 0.312. The molecule has 3 aromatic rings. The van der Waals surface area contributed by atoms with Crippen LogP contribution in [0.15, 0.2) is 64.8 Å². The van der Waals surface area contributed by atoms with E-state index in [1.54, 1.807) is 30.6 Å². The summed E-state index contributed by atoms with van der Waals surface area (Å²) in [5, 5.41) is 4.52. The largest absolute Gasteiger partial charge is 0.351 e. The Bertz CT molecular complexity index is 1520. The molecule has 39 heavy (non-hydrogen) atoms. The third kappa shape index (κ3) is 7.13. The van der Waals surface area contributed by atoms with Crippen LogP contribution in [-0.2, 0) is 0 Å². The first-order chi connectivity index (χ1) is 18.9. The lowest BCUT2D eigenvalue weighted by Gasteiger charge is -2.21. The lowest BCUT2D eigenvalue weighted by Crippen LogP contribution is -2.08. The SMILES string of the molecule is C#C/C=C(\N=CC)c1ccnc(Nc2cc(Cl)c3[nH]c(C(=O)/C=C(/CC)C4CCC=C(C)CCC4)cc3c2)n1. The van der Waals surface area contributed by atoms with Crippen molar-refractivity contribution in [2.75, 3.05) is 5.32 Å². The summed E-state index contributed by atoms with van der Waals surface area (Å²) in [7, 11) is 0. The number of terminal acetylenes is 1. The third-order valence-electron chi connectivity index (χ3n) is 6.99. The van der Waals surface area contributed by atoms with Crippen LogP contribution < -0.4 is 5.32 Å². The first kappa shape index (κ1) is 28.1. The Kier molecular flexibility index (Phi) is 9.51. The number of aromatic amines is 1. The van der Waals surface area contributed by atoms with Gasteiger partial charge in [0.05, 0.1) is 27.6 Å². The van der Waals surface area contributed by atoms with Crippen molar-refractivity contribution in [1.82, 2.24) is 15.0 Å². The van der Waals surface area contributed by atoms with Gasteiger partial charge in [0, 0.05) is 29.6 Å². The number of rotatable bonds is 8. The van der Waals surface area contributed by atoms with E-state index in [0.717, 1.165) is 49.4 Å². The number of fused-ring (bicyclic) bond motifs is 1. The van der Waals surface area contributed by atoms with Crippen LogP contribution in [-0.4, -0.2) is 26.9 Å². The summed E-state index contributed by atoms with van der Waals surface area (Å²) >= 11 is 6.62. The Balaban J connectivity index is 1.57. The molecule has 0 aliphatic heterocycles. The Labute approximate surface area is 235 Å². The summed E-state index contributed by atoms with van der Waals surface area (Å²) in [4.78, 5) is 29.7. The van der Waals surface area contributed by atoms with Gasteiger partial charge in [-0.2, -0.15) is 0 Å². The zero-order valence-electron chi connectivity index (χ0n) is 22.7. The number of aliphatic imine (C=N–C) groups is 1. The zero-order chi connectivity index (χ0) is 27.8. The molecule has 1 aromatic carbocycles. The van der Waals surface area contributed by atoms with Crippen LogP contribution in [0.4, 0.5) is 11.6 Å². The fourth-order valence-corrected chi connectivity index (χ4v) is 5.29. The number of aromatic nitrogens is 3. The molecule has 6 nitrogen and oxygen atoms in total. The minimum absolute atomic E-state index is 0.0252. The summed E-state index contributed by atoms with van der Waals surface area (Å²) in [5.41, 5.74) is 5.81. The highest BCUT2D eigenvalue weighted by Crippen LogP contribution is 2.32. The molecule has 0 fully saturated rings. The number of hydrogen-bond acceptors (Lipinski definition) is 5. The summed E-state index contributed by atoms with van der Waals surface area (Å²) in [5.74, 6) is 3.29. The lowest BCUT2D eigenvalue weighted by molar-refractivity contribution is 0.104. The van der Waals surface area contributed by atoms with E-state index in [4.69, 9.17) is 18.0 Å². The Morgan fingerprint density at radius 3 is 2.95 bits per heavy atom. The molecule has 2 aromatic heterocycles. The highest BCUT2D eigenvalue weighted by Gasteiger charge is 2.18. The topological polar surface area (TPSA) is 83.0 Å². The number of ketones is 1. The smallest absolute Gasteiger partial charge is 0.227 e. The van der Waals surface area contributed by atoms with E-state index in [0.29, 0.717) is 39.7 Å². The van der Waals surface area contributed by atoms with Crippen LogP contribution >= 0.6 is 11.6 Å². The van der Waals surface area contributed by atoms with E-state index in [2.05, 4.69) is 51.1 Å². The number of carbonyl (C=O) groups excluding carboxylic acids is 1. The Morgan fingerprint density at radius 2 is 2.18 bits per heavy atom. The highest BCUT2D eigenvalue weighted by molar-refractivity contribution is 6.35. The predicted octanol–water partition coefficient (Wildman–Crippen LogP) is 8.47. The molecule has 2 N–H and O–H groups in total. The molecule has 0 radical (unpaired) electrons. The summed E-state index contributed by atoms with van der Waals surface area (Å²) in [6.45, 7) is 6.16. The van der Waals surface area contributed by atoms with Crippen LogP contribution in [0.1, 0.15) is 75.5 Å². The standard InChI is InChI=1S/C32H34ClN5O/c1-5-10-27(34-7-3)28-15-16-35-32(38-28)36-25-17-24-18-29(37-31(24)26(33)20-25)30(39)19-22(6-2)23-13-8-11-21(4)12-9-14-23/h1,7,10-11,15-20,23,37H,6,8-9,12-14H2,2-4H3,(H,35,36,38)/b21-11?,22-19-,27-10-,34-7?. The van der Waals surface area contributed by atoms with E-state index in [9.17, 15) is 4.79 Å². The van der Waals surface area contributed by atoms with E-state index in [-0.39, 0.29) is 5.78 Å². The van der Waals surface area contributed by atoms with Crippen molar-refractivity contribution in [2.24, 2.45) is 10.9 Å². The van der Waals surface area contributed by atoms with Gasteiger partial charge in [-0.25, -0.2) is 9.97 Å². The van der Waals surface area contributed by atoms with Gasteiger partial charge in [0.25, 0.3) is 0 Å². The van der Waals surface area contributed by atoms with Crippen LogP contribution in [0.5, 0.6) is 0 Å². The minimum Gasteiger partial charge on any atom is -0.351 e. The molecule has 2 heterocycles. The molecular weight excluding hydrogens is 506 g/mol. The molecule has 200 valence electrons. The van der Waals surface area contributed by atoms with Gasteiger partial charge in [0.1, 0.15) is 0 Å². The predicted molar refractivity (Wildman–Crippen MR) is 163 cm³/mol. The van der Waals surface area contributed by atoms with E-state index in [1.165, 1.54) is 11.1 Å². The fourth-order valence-electron chi connectivity index (χ4n) is 5.02. The molecule has 1 unspecified atom stereocenters. The number of anilines is 2. The first-order valence-electron chi connectivity index (χ1n) is 13.4. The second-order valence-corrected chi connectivity index (χ2v) is 10.1. The summed E-state index contributed by atoms with van der Waals surface area (Å²) in [6, 6.07) is 7.29. The van der Waals surface area contributed by atoms with E-state index < -0.39 is 0 Å². The van der Waals surface area contributed by atoms with Crippen molar-refractivity contribution >= 4 is 51.8 Å². The average Bonchev–Trinajstić information content (AvgIpc) is 3.34. The molecule has 0 saturated carbocycles. The maximum absolute atomic E-state index is 13.3. The average molecular weight is 540 g/mol. The van der Waals surface area contributed by atoms with Gasteiger partial charge in [-0.15, -0.1) is 6.42 Å². The third-order valence-corrected chi connectivity index (χ3v) is 7.29. The quantitative estimate of drug-likeness (QED) is 0.0988. The number of benzene rings is 1. The number of allylic oxidation sites excluding steroid dienone is 5. The highest BCUT2D eigenvalue weighted by atomic mass is 35.5. The monoisotopic (exact) mass is 539 g/mol. The first-order valence-corrected chi connectivity index (χ1v) is 13.8. The second kappa shape index (κ2) is 13.2. The number of hydrogen-bond donors (Lipinski definition) is 2. The van der Waals surface area contributed by atoms with Gasteiger partial charge >= 0.3 is 0 Å². The van der Waals surface area contributed by atoms with Crippen LogP contribution in [0.2, 0.25) is 5.02 Å². The molecule has 0 saturated heterocycles. The molecule has 0 bridgehead atoms. The van der Waals surface area contributed by atoms with Crippen molar-refractivity contribution in [2.45, 2.75) is 59.3 Å². The molecule has 1 atom stereocenters. The van der Waals surface area contributed by atoms with Gasteiger partial charge in [-0.1, -0.05) is 41.7 Å². The maximum Gasteiger partial charge on any atom is 0.227 e.